The third-order valence-electron chi connectivity index (χ3n) is 2.45. The maximum Gasteiger partial charge on any atom is 0.108 e. The molecule has 1 N–H and O–H groups in total. The molecule has 1 aliphatic rings. The van der Waals surface area contributed by atoms with Crippen LogP contribution in [0.15, 0.2) is 22.8 Å². The first-order chi connectivity index (χ1) is 5.92. The van der Waals surface area contributed by atoms with Crippen molar-refractivity contribution in [2.45, 2.75) is 5.92 Å². The first-order valence-corrected chi connectivity index (χ1v) is 4.22. The molecule has 0 aromatic carbocycles. The molecule has 0 spiro atoms. The fourth-order valence-electron chi connectivity index (χ4n) is 1.73. The van der Waals surface area contributed by atoms with Crippen LogP contribution >= 0.6 is 0 Å². The summed E-state index contributed by atoms with van der Waals surface area (Å²) in [4.78, 5) is 0. The van der Waals surface area contributed by atoms with E-state index in [1.54, 1.807) is 6.26 Å². The summed E-state index contributed by atoms with van der Waals surface area (Å²) >= 11 is 0. The number of halogens is 1. The van der Waals surface area contributed by atoms with Gasteiger partial charge in [-0.15, -0.1) is 0 Å². The molecule has 2 nitrogen and oxygen atoms in total. The molecule has 1 aromatic rings. The highest BCUT2D eigenvalue weighted by molar-refractivity contribution is 5.10. The standard InChI is InChI=1S/C9H12FNO/c10-4-7-5-11-6-8(7)9-2-1-3-12-9/h1-3,7-8,11H,4-6H2/t7-,8+/m1/s1. The summed E-state index contributed by atoms with van der Waals surface area (Å²) in [6, 6.07) is 3.77. The smallest absolute Gasteiger partial charge is 0.108 e. The molecule has 3 heteroatoms. The van der Waals surface area contributed by atoms with Crippen LogP contribution in [0.1, 0.15) is 11.7 Å². The van der Waals surface area contributed by atoms with Crippen molar-refractivity contribution in [3.8, 4) is 0 Å². The predicted octanol–water partition coefficient (Wildman–Crippen LogP) is 1.55. The van der Waals surface area contributed by atoms with Gasteiger partial charge in [0.2, 0.25) is 0 Å². The van der Waals surface area contributed by atoms with Crippen molar-refractivity contribution in [3.63, 3.8) is 0 Å². The van der Waals surface area contributed by atoms with E-state index in [2.05, 4.69) is 5.32 Å². The Balaban J connectivity index is 2.13. The fourth-order valence-corrected chi connectivity index (χ4v) is 1.73. The van der Waals surface area contributed by atoms with Gasteiger partial charge in [-0.05, 0) is 12.1 Å². The third-order valence-corrected chi connectivity index (χ3v) is 2.45. The minimum absolute atomic E-state index is 0.0937. The van der Waals surface area contributed by atoms with Crippen molar-refractivity contribution < 1.29 is 8.81 Å². The van der Waals surface area contributed by atoms with Crippen molar-refractivity contribution in [2.24, 2.45) is 5.92 Å². The zero-order chi connectivity index (χ0) is 8.39. The van der Waals surface area contributed by atoms with Crippen LogP contribution in [0.5, 0.6) is 0 Å². The Hall–Kier alpha value is -0.830. The molecule has 12 heavy (non-hydrogen) atoms. The quantitative estimate of drug-likeness (QED) is 0.726. The van der Waals surface area contributed by atoms with Gasteiger partial charge in [0.25, 0.3) is 0 Å². The average Bonchev–Trinajstić information content (AvgIpc) is 2.74. The molecule has 2 atom stereocenters. The van der Waals surface area contributed by atoms with E-state index in [0.29, 0.717) is 0 Å². The summed E-state index contributed by atoms with van der Waals surface area (Å²) in [5, 5.41) is 3.16. The van der Waals surface area contributed by atoms with E-state index in [1.807, 2.05) is 12.1 Å². The van der Waals surface area contributed by atoms with E-state index in [-0.39, 0.29) is 18.5 Å². The van der Waals surface area contributed by atoms with Crippen LogP contribution in [-0.2, 0) is 0 Å². The molecule has 0 radical (unpaired) electrons. The minimum atomic E-state index is -0.266. The molecule has 2 rings (SSSR count). The van der Waals surface area contributed by atoms with Gasteiger partial charge in [0.1, 0.15) is 5.76 Å². The van der Waals surface area contributed by atoms with Crippen LogP contribution in [0.25, 0.3) is 0 Å². The lowest BCUT2D eigenvalue weighted by Crippen LogP contribution is -2.12. The first-order valence-electron chi connectivity index (χ1n) is 4.22. The van der Waals surface area contributed by atoms with Gasteiger partial charge in [-0.25, -0.2) is 0 Å². The lowest BCUT2D eigenvalue weighted by molar-refractivity contribution is 0.331. The summed E-state index contributed by atoms with van der Waals surface area (Å²) in [5.74, 6) is 1.23. The zero-order valence-electron chi connectivity index (χ0n) is 6.79. The number of rotatable bonds is 2. The molecule has 0 bridgehead atoms. The van der Waals surface area contributed by atoms with Crippen molar-refractivity contribution >= 4 is 0 Å². The van der Waals surface area contributed by atoms with Gasteiger partial charge in [-0.1, -0.05) is 0 Å². The Morgan fingerprint density at radius 3 is 3.17 bits per heavy atom. The van der Waals surface area contributed by atoms with Crippen LogP contribution in [0, 0.1) is 5.92 Å². The monoisotopic (exact) mass is 169 g/mol. The van der Waals surface area contributed by atoms with Gasteiger partial charge >= 0.3 is 0 Å². The normalized spacial score (nSPS) is 29.4. The van der Waals surface area contributed by atoms with Gasteiger partial charge in [-0.2, -0.15) is 0 Å². The van der Waals surface area contributed by atoms with Gasteiger partial charge in [0.05, 0.1) is 12.9 Å². The molecule has 0 amide bonds. The molecule has 66 valence electrons. The molecule has 0 saturated carbocycles. The highest BCUT2D eigenvalue weighted by atomic mass is 19.1. The summed E-state index contributed by atoms with van der Waals surface area (Å²) in [6.45, 7) is 1.34. The van der Waals surface area contributed by atoms with E-state index in [9.17, 15) is 4.39 Å². The topological polar surface area (TPSA) is 25.2 Å². The van der Waals surface area contributed by atoms with Crippen LogP contribution in [0.4, 0.5) is 4.39 Å². The van der Waals surface area contributed by atoms with E-state index in [4.69, 9.17) is 4.42 Å². The number of furan rings is 1. The van der Waals surface area contributed by atoms with E-state index in [1.165, 1.54) is 0 Å². The van der Waals surface area contributed by atoms with Crippen LogP contribution in [-0.4, -0.2) is 19.8 Å². The SMILES string of the molecule is FC[C@@H]1CNC[C@@H]1c1ccco1. The Morgan fingerprint density at radius 1 is 1.58 bits per heavy atom. The Labute approximate surface area is 70.8 Å². The molecule has 1 saturated heterocycles. The molecule has 2 heterocycles. The number of alkyl halides is 1. The second-order valence-electron chi connectivity index (χ2n) is 3.19. The minimum Gasteiger partial charge on any atom is -0.469 e. The van der Waals surface area contributed by atoms with E-state index < -0.39 is 0 Å². The van der Waals surface area contributed by atoms with Crippen molar-refractivity contribution in [1.29, 1.82) is 0 Å². The largest absolute Gasteiger partial charge is 0.469 e. The number of hydrogen-bond acceptors (Lipinski definition) is 2. The summed E-state index contributed by atoms with van der Waals surface area (Å²) in [6.07, 6.45) is 1.64. The Bertz CT molecular complexity index is 235. The molecule has 1 aromatic heterocycles. The maximum absolute atomic E-state index is 12.5. The average molecular weight is 169 g/mol. The first kappa shape index (κ1) is 7.80. The summed E-state index contributed by atoms with van der Waals surface area (Å²) < 4.78 is 17.7. The highest BCUT2D eigenvalue weighted by Gasteiger charge is 2.29. The van der Waals surface area contributed by atoms with Crippen LogP contribution in [0.3, 0.4) is 0 Å². The van der Waals surface area contributed by atoms with E-state index in [0.717, 1.165) is 18.8 Å². The van der Waals surface area contributed by atoms with Gasteiger partial charge in [-0.3, -0.25) is 4.39 Å². The molecule has 1 aliphatic heterocycles. The van der Waals surface area contributed by atoms with Crippen LogP contribution < -0.4 is 5.32 Å². The third kappa shape index (κ3) is 1.25. The summed E-state index contributed by atoms with van der Waals surface area (Å²) in [7, 11) is 0. The van der Waals surface area contributed by atoms with Gasteiger partial charge in [0, 0.05) is 24.9 Å². The van der Waals surface area contributed by atoms with E-state index >= 15 is 0 Å². The highest BCUT2D eigenvalue weighted by Crippen LogP contribution is 2.28. The predicted molar refractivity (Wildman–Crippen MR) is 43.8 cm³/mol. The fraction of sp³-hybridized carbons (Fsp3) is 0.556. The van der Waals surface area contributed by atoms with Crippen LogP contribution in [0.2, 0.25) is 0 Å². The second kappa shape index (κ2) is 3.27. The molecule has 0 aliphatic carbocycles. The van der Waals surface area contributed by atoms with Crippen molar-refractivity contribution in [1.82, 2.24) is 5.32 Å². The molecule has 0 unspecified atom stereocenters. The Kier molecular flexibility index (Phi) is 2.13. The molecule has 1 fully saturated rings. The lowest BCUT2D eigenvalue weighted by atomic mass is 9.95. The van der Waals surface area contributed by atoms with Gasteiger partial charge < -0.3 is 9.73 Å². The molecular weight excluding hydrogens is 157 g/mol. The second-order valence-corrected chi connectivity index (χ2v) is 3.19. The number of hydrogen-bond donors (Lipinski definition) is 1. The Morgan fingerprint density at radius 2 is 2.50 bits per heavy atom. The van der Waals surface area contributed by atoms with Crippen molar-refractivity contribution in [3.05, 3.63) is 24.2 Å². The van der Waals surface area contributed by atoms with Crippen molar-refractivity contribution in [2.75, 3.05) is 19.8 Å². The maximum atomic E-state index is 12.5. The molecular formula is C9H12FNO. The number of nitrogens with one attached hydrogen (secondary N) is 1. The summed E-state index contributed by atoms with van der Waals surface area (Å²) in [5.41, 5.74) is 0. The lowest BCUT2D eigenvalue weighted by Gasteiger charge is -2.11. The zero-order valence-corrected chi connectivity index (χ0v) is 6.79. The van der Waals surface area contributed by atoms with Gasteiger partial charge in [0.15, 0.2) is 0 Å².